The lowest BCUT2D eigenvalue weighted by Gasteiger charge is -2.12. The number of nitrogens with two attached hydrogens (primary N) is 1. The van der Waals surface area contributed by atoms with Gasteiger partial charge in [-0.15, -0.1) is 0 Å². The fourth-order valence-corrected chi connectivity index (χ4v) is 2.91. The Balaban J connectivity index is 2.04. The van der Waals surface area contributed by atoms with Crippen LogP contribution in [0.2, 0.25) is 0 Å². The highest BCUT2D eigenvalue weighted by Crippen LogP contribution is 2.34. The second-order valence-electron chi connectivity index (χ2n) is 5.59. The van der Waals surface area contributed by atoms with Crippen molar-refractivity contribution in [3.63, 3.8) is 0 Å². The van der Waals surface area contributed by atoms with Crippen LogP contribution >= 0.6 is 0 Å². The summed E-state index contributed by atoms with van der Waals surface area (Å²) in [6.07, 6.45) is 9.68. The van der Waals surface area contributed by atoms with Crippen LogP contribution in [0.25, 0.3) is 11.3 Å². The van der Waals surface area contributed by atoms with Gasteiger partial charge in [0.15, 0.2) is 0 Å². The van der Waals surface area contributed by atoms with Crippen LogP contribution in [0.4, 0.5) is 0 Å². The summed E-state index contributed by atoms with van der Waals surface area (Å²) in [6, 6.07) is 1.97. The molecule has 0 radical (unpaired) electrons. The minimum atomic E-state index is -0.508. The van der Waals surface area contributed by atoms with Crippen LogP contribution in [0.15, 0.2) is 24.7 Å². The number of hydrogen-bond acceptors (Lipinski definition) is 4. The number of rotatable bonds is 3. The van der Waals surface area contributed by atoms with Crippen molar-refractivity contribution in [1.82, 2.24) is 15.0 Å². The van der Waals surface area contributed by atoms with Gasteiger partial charge in [0.2, 0.25) is 0 Å². The van der Waals surface area contributed by atoms with Gasteiger partial charge in [-0.25, -0.2) is 4.98 Å². The molecule has 0 unspecified atom stereocenters. The molecule has 0 aliphatic heterocycles. The van der Waals surface area contributed by atoms with Gasteiger partial charge in [-0.3, -0.25) is 14.8 Å². The topological polar surface area (TPSA) is 81.8 Å². The van der Waals surface area contributed by atoms with Crippen molar-refractivity contribution in [2.24, 2.45) is 5.73 Å². The molecule has 108 valence electrons. The summed E-state index contributed by atoms with van der Waals surface area (Å²) in [7, 11) is 0. The SMILES string of the molecule is Cc1cncc(-c2cnc(C3CCCC3)c(C(N)=O)n2)c1. The van der Waals surface area contributed by atoms with E-state index in [1.54, 1.807) is 18.6 Å². The van der Waals surface area contributed by atoms with E-state index in [4.69, 9.17) is 5.73 Å². The first-order valence-corrected chi connectivity index (χ1v) is 7.24. The third-order valence-corrected chi connectivity index (χ3v) is 3.95. The number of hydrogen-bond donors (Lipinski definition) is 1. The minimum absolute atomic E-state index is 0.306. The molecule has 0 spiro atoms. The highest BCUT2D eigenvalue weighted by atomic mass is 16.1. The van der Waals surface area contributed by atoms with Crippen LogP contribution < -0.4 is 5.73 Å². The predicted octanol–water partition coefficient (Wildman–Crippen LogP) is 2.60. The van der Waals surface area contributed by atoms with Crippen LogP contribution in [0.3, 0.4) is 0 Å². The normalized spacial score (nSPS) is 15.3. The Morgan fingerprint density at radius 1 is 1.24 bits per heavy atom. The van der Waals surface area contributed by atoms with E-state index >= 15 is 0 Å². The molecule has 2 aromatic rings. The Labute approximate surface area is 123 Å². The van der Waals surface area contributed by atoms with Gasteiger partial charge >= 0.3 is 0 Å². The fourth-order valence-electron chi connectivity index (χ4n) is 2.91. The van der Waals surface area contributed by atoms with E-state index in [1.165, 1.54) is 12.8 Å². The molecule has 2 heterocycles. The standard InChI is InChI=1S/C16H18N4O/c1-10-6-12(8-18-7-10)13-9-19-14(11-4-2-3-5-11)15(20-13)16(17)21/h6-9,11H,2-5H2,1H3,(H2,17,21). The first-order chi connectivity index (χ1) is 10.1. The monoisotopic (exact) mass is 282 g/mol. The lowest BCUT2D eigenvalue weighted by molar-refractivity contribution is 0.0993. The Bertz CT molecular complexity index is 678. The number of nitrogens with zero attached hydrogens (tertiary/aromatic N) is 3. The second kappa shape index (κ2) is 5.60. The van der Waals surface area contributed by atoms with Crippen molar-refractivity contribution < 1.29 is 4.79 Å². The highest BCUT2D eigenvalue weighted by Gasteiger charge is 2.24. The molecule has 0 saturated heterocycles. The van der Waals surface area contributed by atoms with E-state index < -0.39 is 5.91 Å². The zero-order chi connectivity index (χ0) is 14.8. The van der Waals surface area contributed by atoms with Gasteiger partial charge < -0.3 is 5.73 Å². The predicted molar refractivity (Wildman–Crippen MR) is 79.7 cm³/mol. The van der Waals surface area contributed by atoms with Crippen LogP contribution in [-0.2, 0) is 0 Å². The molecule has 1 aliphatic carbocycles. The third-order valence-electron chi connectivity index (χ3n) is 3.95. The first kappa shape index (κ1) is 13.7. The summed E-state index contributed by atoms with van der Waals surface area (Å²) in [5.41, 5.74) is 9.09. The summed E-state index contributed by atoms with van der Waals surface area (Å²) in [5.74, 6) is -0.198. The summed E-state index contributed by atoms with van der Waals surface area (Å²) in [5, 5.41) is 0. The molecule has 1 saturated carbocycles. The molecule has 1 amide bonds. The molecule has 0 atom stereocenters. The van der Waals surface area contributed by atoms with Gasteiger partial charge in [0, 0.05) is 23.9 Å². The van der Waals surface area contributed by atoms with Crippen molar-refractivity contribution in [2.45, 2.75) is 38.5 Å². The molecule has 2 aromatic heterocycles. The lowest BCUT2D eigenvalue weighted by Crippen LogP contribution is -2.19. The highest BCUT2D eigenvalue weighted by molar-refractivity contribution is 5.92. The number of carbonyl (C=O) groups is 1. The number of aryl methyl sites for hydroxylation is 1. The Hall–Kier alpha value is -2.30. The number of amides is 1. The van der Waals surface area contributed by atoms with Crippen molar-refractivity contribution in [3.05, 3.63) is 41.6 Å². The molecule has 0 bridgehead atoms. The van der Waals surface area contributed by atoms with Gasteiger partial charge in [-0.05, 0) is 31.4 Å². The number of pyridine rings is 1. The van der Waals surface area contributed by atoms with E-state index in [1.807, 2.05) is 13.0 Å². The van der Waals surface area contributed by atoms with Gasteiger partial charge in [-0.2, -0.15) is 0 Å². The molecule has 2 N–H and O–H groups in total. The Morgan fingerprint density at radius 3 is 2.67 bits per heavy atom. The summed E-state index contributed by atoms with van der Waals surface area (Å²) in [6.45, 7) is 1.96. The molecule has 5 nitrogen and oxygen atoms in total. The van der Waals surface area contributed by atoms with Crippen LogP contribution in [0.1, 0.15) is 53.3 Å². The molecule has 0 aromatic carbocycles. The Morgan fingerprint density at radius 2 is 2.00 bits per heavy atom. The number of carbonyl (C=O) groups excluding carboxylic acids is 1. The minimum Gasteiger partial charge on any atom is -0.364 e. The lowest BCUT2D eigenvalue weighted by atomic mass is 10.0. The maximum Gasteiger partial charge on any atom is 0.269 e. The van der Waals surface area contributed by atoms with Crippen LogP contribution in [-0.4, -0.2) is 20.9 Å². The average Bonchev–Trinajstić information content (AvgIpc) is 3.00. The van der Waals surface area contributed by atoms with Gasteiger partial charge in [0.25, 0.3) is 5.91 Å². The molecular weight excluding hydrogens is 264 g/mol. The van der Waals surface area contributed by atoms with Gasteiger partial charge in [0.1, 0.15) is 5.69 Å². The number of aromatic nitrogens is 3. The van der Waals surface area contributed by atoms with E-state index in [0.29, 0.717) is 17.3 Å². The maximum absolute atomic E-state index is 11.7. The van der Waals surface area contributed by atoms with Gasteiger partial charge in [0.05, 0.1) is 17.6 Å². The van der Waals surface area contributed by atoms with E-state index in [0.717, 1.165) is 29.7 Å². The molecule has 1 fully saturated rings. The van der Waals surface area contributed by atoms with Crippen molar-refractivity contribution in [1.29, 1.82) is 0 Å². The zero-order valence-corrected chi connectivity index (χ0v) is 12.0. The molecular formula is C16H18N4O. The molecule has 3 rings (SSSR count). The van der Waals surface area contributed by atoms with Gasteiger partial charge in [-0.1, -0.05) is 12.8 Å². The zero-order valence-electron chi connectivity index (χ0n) is 12.0. The quantitative estimate of drug-likeness (QED) is 0.938. The van der Waals surface area contributed by atoms with Crippen molar-refractivity contribution in [3.8, 4) is 11.3 Å². The van der Waals surface area contributed by atoms with E-state index in [-0.39, 0.29) is 0 Å². The third kappa shape index (κ3) is 2.77. The summed E-state index contributed by atoms with van der Waals surface area (Å²) < 4.78 is 0. The van der Waals surface area contributed by atoms with E-state index in [2.05, 4.69) is 15.0 Å². The fraction of sp³-hybridized carbons (Fsp3) is 0.375. The summed E-state index contributed by atoms with van der Waals surface area (Å²) in [4.78, 5) is 24.8. The largest absolute Gasteiger partial charge is 0.364 e. The van der Waals surface area contributed by atoms with Crippen molar-refractivity contribution in [2.75, 3.05) is 0 Å². The van der Waals surface area contributed by atoms with Crippen LogP contribution in [0, 0.1) is 6.92 Å². The van der Waals surface area contributed by atoms with E-state index in [9.17, 15) is 4.79 Å². The number of primary amides is 1. The average molecular weight is 282 g/mol. The van der Waals surface area contributed by atoms with Crippen LogP contribution in [0.5, 0.6) is 0 Å². The molecule has 21 heavy (non-hydrogen) atoms. The Kier molecular flexibility index (Phi) is 3.64. The molecule has 5 heteroatoms. The first-order valence-electron chi connectivity index (χ1n) is 7.24. The smallest absolute Gasteiger partial charge is 0.269 e. The van der Waals surface area contributed by atoms with Crippen molar-refractivity contribution >= 4 is 5.91 Å². The molecule has 1 aliphatic rings. The second-order valence-corrected chi connectivity index (χ2v) is 5.59. The maximum atomic E-state index is 11.7. The summed E-state index contributed by atoms with van der Waals surface area (Å²) >= 11 is 0.